The van der Waals surface area contributed by atoms with Gasteiger partial charge in [0.25, 0.3) is 0 Å². The molecule has 2 aliphatic carbocycles. The summed E-state index contributed by atoms with van der Waals surface area (Å²) in [4.78, 5) is 16.1. The topological polar surface area (TPSA) is 75.6 Å². The van der Waals surface area contributed by atoms with Crippen LogP contribution in [0.5, 0.6) is 0 Å². The molecule has 2 aliphatic rings. The second kappa shape index (κ2) is 8.13. The van der Waals surface area contributed by atoms with Gasteiger partial charge in [-0.15, -0.1) is 10.2 Å². The van der Waals surface area contributed by atoms with Crippen LogP contribution in [0.2, 0.25) is 0 Å². The average molecular weight is 444 g/mol. The Morgan fingerprint density at radius 3 is 2.84 bits per heavy atom. The molecule has 2 heterocycles. The quantitative estimate of drug-likeness (QED) is 0.409. The van der Waals surface area contributed by atoms with Gasteiger partial charge in [-0.25, -0.2) is 0 Å². The van der Waals surface area contributed by atoms with Crippen LogP contribution in [0.15, 0.2) is 59.9 Å². The van der Waals surface area contributed by atoms with E-state index in [0.29, 0.717) is 11.8 Å². The van der Waals surface area contributed by atoms with Gasteiger partial charge in [-0.3, -0.25) is 9.36 Å². The van der Waals surface area contributed by atoms with Gasteiger partial charge in [0.15, 0.2) is 11.0 Å². The number of amides is 1. The summed E-state index contributed by atoms with van der Waals surface area (Å²) in [7, 11) is 0. The van der Waals surface area contributed by atoms with Crippen molar-refractivity contribution in [3.8, 4) is 11.4 Å². The molecule has 0 bridgehead atoms. The summed E-state index contributed by atoms with van der Waals surface area (Å²) in [5.41, 5.74) is 4.78. The number of aromatic amines is 1. The maximum atomic E-state index is 12.8. The zero-order valence-electron chi connectivity index (χ0n) is 17.8. The Labute approximate surface area is 190 Å². The lowest BCUT2D eigenvalue weighted by Gasteiger charge is -2.26. The lowest BCUT2D eigenvalue weighted by molar-refractivity contribution is -0.119. The molecule has 0 saturated heterocycles. The molecule has 32 heavy (non-hydrogen) atoms. The fourth-order valence-corrected chi connectivity index (χ4v) is 5.56. The highest BCUT2D eigenvalue weighted by atomic mass is 32.2. The molecular formula is C25H25N5OS. The van der Waals surface area contributed by atoms with E-state index in [9.17, 15) is 4.79 Å². The third-order valence-electron chi connectivity index (χ3n) is 6.44. The van der Waals surface area contributed by atoms with Crippen LogP contribution in [-0.4, -0.2) is 31.4 Å². The summed E-state index contributed by atoms with van der Waals surface area (Å²) < 4.78 is 2.23. The highest BCUT2D eigenvalue weighted by molar-refractivity contribution is 7.99. The Morgan fingerprint density at radius 2 is 1.94 bits per heavy atom. The van der Waals surface area contributed by atoms with Crippen molar-refractivity contribution >= 4 is 28.6 Å². The molecule has 162 valence electrons. The van der Waals surface area contributed by atoms with Gasteiger partial charge in [-0.1, -0.05) is 54.2 Å². The molecule has 1 atom stereocenters. The van der Waals surface area contributed by atoms with E-state index in [4.69, 9.17) is 0 Å². The van der Waals surface area contributed by atoms with Crippen molar-refractivity contribution < 1.29 is 4.79 Å². The van der Waals surface area contributed by atoms with Crippen LogP contribution < -0.4 is 5.32 Å². The molecule has 1 amide bonds. The van der Waals surface area contributed by atoms with E-state index in [0.717, 1.165) is 59.6 Å². The van der Waals surface area contributed by atoms with Crippen LogP contribution in [0.3, 0.4) is 0 Å². The highest BCUT2D eigenvalue weighted by Gasteiger charge is 2.31. The first-order chi connectivity index (χ1) is 15.8. The van der Waals surface area contributed by atoms with Gasteiger partial charge in [-0.2, -0.15) is 0 Å². The molecule has 0 spiro atoms. The van der Waals surface area contributed by atoms with Crippen molar-refractivity contribution in [2.45, 2.75) is 49.3 Å². The summed E-state index contributed by atoms with van der Waals surface area (Å²) >= 11 is 1.48. The first-order valence-electron chi connectivity index (χ1n) is 11.3. The molecule has 7 heteroatoms. The molecule has 2 aromatic heterocycles. The van der Waals surface area contributed by atoms with Gasteiger partial charge in [0.2, 0.25) is 5.91 Å². The minimum atomic E-state index is 0.0516. The second-order valence-electron chi connectivity index (χ2n) is 8.66. The number of rotatable bonds is 6. The second-order valence-corrected chi connectivity index (χ2v) is 9.60. The summed E-state index contributed by atoms with van der Waals surface area (Å²) in [6.07, 6.45) is 7.47. The zero-order chi connectivity index (χ0) is 21.5. The predicted molar refractivity (Wildman–Crippen MR) is 127 cm³/mol. The van der Waals surface area contributed by atoms with E-state index in [1.54, 1.807) is 0 Å². The normalized spacial score (nSPS) is 17.9. The highest BCUT2D eigenvalue weighted by Crippen LogP contribution is 2.42. The molecule has 0 unspecified atom stereocenters. The van der Waals surface area contributed by atoms with E-state index >= 15 is 0 Å². The Balaban J connectivity index is 1.20. The Morgan fingerprint density at radius 1 is 1.09 bits per heavy atom. The van der Waals surface area contributed by atoms with Crippen molar-refractivity contribution in [3.63, 3.8) is 0 Å². The summed E-state index contributed by atoms with van der Waals surface area (Å²) in [6.45, 7) is 0. The number of H-pyrrole nitrogens is 1. The standard InChI is InChI=1S/C25H25N5OS/c31-23(27-22-11-5-7-16-6-1-2-8-18(16)22)15-32-25-29-28-24(30(25)17-12-13-17)20-14-26-21-10-4-3-9-19(20)21/h1-4,6,8-10,14,17,22,26H,5,7,11-13,15H2,(H,27,31)/t22-/m1/s1. The van der Waals surface area contributed by atoms with Crippen LogP contribution in [0, 0.1) is 0 Å². The van der Waals surface area contributed by atoms with Crippen LogP contribution in [0.4, 0.5) is 0 Å². The number of fused-ring (bicyclic) bond motifs is 2. The van der Waals surface area contributed by atoms with Crippen molar-refractivity contribution in [2.24, 2.45) is 0 Å². The van der Waals surface area contributed by atoms with E-state index in [1.165, 1.54) is 22.9 Å². The van der Waals surface area contributed by atoms with Crippen molar-refractivity contribution in [2.75, 3.05) is 5.75 Å². The fourth-order valence-electron chi connectivity index (χ4n) is 4.75. The van der Waals surface area contributed by atoms with Crippen molar-refractivity contribution in [1.82, 2.24) is 25.1 Å². The Kier molecular flexibility index (Phi) is 4.98. The molecule has 1 saturated carbocycles. The number of aromatic nitrogens is 4. The van der Waals surface area contributed by atoms with Crippen LogP contribution >= 0.6 is 11.8 Å². The number of benzene rings is 2. The summed E-state index contributed by atoms with van der Waals surface area (Å²) in [6, 6.07) is 17.2. The van der Waals surface area contributed by atoms with Gasteiger partial charge in [-0.05, 0) is 49.3 Å². The third-order valence-corrected chi connectivity index (χ3v) is 7.39. The minimum Gasteiger partial charge on any atom is -0.360 e. The van der Waals surface area contributed by atoms with Gasteiger partial charge >= 0.3 is 0 Å². The molecule has 2 N–H and O–H groups in total. The minimum absolute atomic E-state index is 0.0516. The number of nitrogens with zero attached hydrogens (tertiary/aromatic N) is 3. The number of nitrogens with one attached hydrogen (secondary N) is 2. The third kappa shape index (κ3) is 3.60. The van der Waals surface area contributed by atoms with Crippen LogP contribution in [0.25, 0.3) is 22.3 Å². The monoisotopic (exact) mass is 443 g/mol. The molecule has 4 aromatic rings. The number of carbonyl (C=O) groups is 1. The SMILES string of the molecule is O=C(CSc1nnc(-c2c[nH]c3ccccc23)n1C1CC1)N[C@@H]1CCCc2ccccc21. The smallest absolute Gasteiger partial charge is 0.230 e. The van der Waals surface area contributed by atoms with Crippen molar-refractivity contribution in [3.05, 3.63) is 65.9 Å². The van der Waals surface area contributed by atoms with Gasteiger partial charge in [0, 0.05) is 28.7 Å². The van der Waals surface area contributed by atoms with E-state index in [-0.39, 0.29) is 11.9 Å². The number of hydrogen-bond acceptors (Lipinski definition) is 4. The van der Waals surface area contributed by atoms with Gasteiger partial charge < -0.3 is 10.3 Å². The number of para-hydroxylation sites is 1. The summed E-state index contributed by atoms with van der Waals surface area (Å²) in [5, 5.41) is 14.2. The number of thioether (sulfide) groups is 1. The average Bonchev–Trinajstić information content (AvgIpc) is 3.43. The molecule has 6 nitrogen and oxygen atoms in total. The maximum absolute atomic E-state index is 12.8. The molecule has 0 aliphatic heterocycles. The van der Waals surface area contributed by atoms with Gasteiger partial charge in [0.05, 0.1) is 11.8 Å². The lowest BCUT2D eigenvalue weighted by atomic mass is 9.88. The van der Waals surface area contributed by atoms with E-state index in [2.05, 4.69) is 61.5 Å². The Hall–Kier alpha value is -3.06. The first-order valence-corrected chi connectivity index (χ1v) is 12.3. The molecule has 1 fully saturated rings. The first kappa shape index (κ1) is 19.6. The molecule has 0 radical (unpaired) electrons. The lowest BCUT2D eigenvalue weighted by Crippen LogP contribution is -2.32. The largest absolute Gasteiger partial charge is 0.360 e. The van der Waals surface area contributed by atoms with E-state index < -0.39 is 0 Å². The van der Waals surface area contributed by atoms with Gasteiger partial charge in [0.1, 0.15) is 0 Å². The summed E-state index contributed by atoms with van der Waals surface area (Å²) in [5.74, 6) is 1.28. The number of carbonyl (C=O) groups excluding carboxylic acids is 1. The fraction of sp³-hybridized carbons (Fsp3) is 0.320. The number of aryl methyl sites for hydroxylation is 1. The zero-order valence-corrected chi connectivity index (χ0v) is 18.6. The van der Waals surface area contributed by atoms with Crippen molar-refractivity contribution in [1.29, 1.82) is 0 Å². The van der Waals surface area contributed by atoms with Crippen LogP contribution in [0.1, 0.15) is 48.9 Å². The van der Waals surface area contributed by atoms with E-state index in [1.807, 2.05) is 18.3 Å². The molecule has 6 rings (SSSR count). The molecule has 2 aromatic carbocycles. The van der Waals surface area contributed by atoms with Crippen LogP contribution in [-0.2, 0) is 11.2 Å². The molecular weight excluding hydrogens is 418 g/mol. The number of hydrogen-bond donors (Lipinski definition) is 2. The maximum Gasteiger partial charge on any atom is 0.230 e. The predicted octanol–water partition coefficient (Wildman–Crippen LogP) is 5.05. The Bertz CT molecular complexity index is 1290.